The second-order valence-electron chi connectivity index (χ2n) is 6.62. The fourth-order valence-corrected chi connectivity index (χ4v) is 4.02. The maximum atomic E-state index is 12.2. The number of carboxylic acid groups (broad SMARTS) is 2. The quantitative estimate of drug-likeness (QED) is 0.506. The third kappa shape index (κ3) is 3.93. The average molecular weight is 467 g/mol. The molecule has 1 aromatic heterocycles. The highest BCUT2D eigenvalue weighted by molar-refractivity contribution is 9.10. The summed E-state index contributed by atoms with van der Waals surface area (Å²) >= 11 is 3.39. The highest BCUT2D eigenvalue weighted by Gasteiger charge is 2.28. The van der Waals surface area contributed by atoms with Gasteiger partial charge in [-0.25, -0.2) is 9.59 Å². The minimum absolute atomic E-state index is 0.0328. The van der Waals surface area contributed by atoms with Gasteiger partial charge in [-0.3, -0.25) is 4.79 Å². The van der Waals surface area contributed by atoms with Crippen LogP contribution >= 0.6 is 15.9 Å². The lowest BCUT2D eigenvalue weighted by Gasteiger charge is -2.19. The van der Waals surface area contributed by atoms with E-state index in [0.717, 1.165) is 25.7 Å². The van der Waals surface area contributed by atoms with Crippen LogP contribution in [-0.4, -0.2) is 40.3 Å². The number of aromatic carboxylic acids is 2. The Balaban J connectivity index is 2.25. The number of pyridine rings is 1. The van der Waals surface area contributed by atoms with E-state index in [0.29, 0.717) is 10.2 Å². The molecule has 0 aliphatic heterocycles. The number of hydrogen-bond acceptors (Lipinski definition) is 6. The number of H-pyrrole nitrogens is 1. The lowest BCUT2D eigenvalue weighted by Crippen LogP contribution is -2.24. The van der Waals surface area contributed by atoms with E-state index in [2.05, 4.69) is 20.9 Å². The Morgan fingerprint density at radius 1 is 1.17 bits per heavy atom. The third-order valence-corrected chi connectivity index (χ3v) is 5.37. The number of hydrogen-bond donors (Lipinski definition) is 4. The maximum absolute atomic E-state index is 12.2. The van der Waals surface area contributed by atoms with Crippen molar-refractivity contribution in [3.63, 3.8) is 0 Å². The minimum atomic E-state index is -1.58. The highest BCUT2D eigenvalue weighted by Crippen LogP contribution is 2.43. The number of ether oxygens (including phenoxy) is 2. The molecule has 3 rings (SSSR count). The molecule has 1 aliphatic carbocycles. The number of nitrogen functional groups attached to an aromatic ring is 1. The molecule has 1 aromatic carbocycles. The summed E-state index contributed by atoms with van der Waals surface area (Å²) in [5.74, 6) is -2.80. The van der Waals surface area contributed by atoms with E-state index >= 15 is 0 Å². The number of halogens is 1. The Bertz CT molecular complexity index is 1040. The summed E-state index contributed by atoms with van der Waals surface area (Å²) in [5.41, 5.74) is 3.27. The molecular formula is C19H19BrN2O7. The van der Waals surface area contributed by atoms with Gasteiger partial charge in [0.1, 0.15) is 16.9 Å². The minimum Gasteiger partial charge on any atom is -0.493 e. The zero-order valence-corrected chi connectivity index (χ0v) is 17.0. The molecule has 1 heterocycles. The van der Waals surface area contributed by atoms with Crippen LogP contribution in [-0.2, 0) is 0 Å². The summed E-state index contributed by atoms with van der Waals surface area (Å²) in [5, 5.41) is 19.1. The van der Waals surface area contributed by atoms with Gasteiger partial charge in [0.05, 0.1) is 17.7 Å². The second-order valence-corrected chi connectivity index (χ2v) is 7.47. The molecule has 1 saturated carbocycles. The van der Waals surface area contributed by atoms with Crippen molar-refractivity contribution in [2.75, 3.05) is 12.8 Å². The fraction of sp³-hybridized carbons (Fsp3) is 0.316. The van der Waals surface area contributed by atoms with Gasteiger partial charge in [0, 0.05) is 5.56 Å². The normalized spacial score (nSPS) is 14.0. The van der Waals surface area contributed by atoms with E-state index in [1.165, 1.54) is 19.2 Å². The lowest BCUT2D eigenvalue weighted by atomic mass is 9.95. The lowest BCUT2D eigenvalue weighted by molar-refractivity contribution is 0.0695. The van der Waals surface area contributed by atoms with Gasteiger partial charge < -0.3 is 30.4 Å². The number of nitrogens with two attached hydrogens (primary N) is 1. The predicted octanol–water partition coefficient (Wildman–Crippen LogP) is 3.11. The van der Waals surface area contributed by atoms with Gasteiger partial charge >= 0.3 is 11.9 Å². The smallest absolute Gasteiger partial charge is 0.342 e. The summed E-state index contributed by atoms with van der Waals surface area (Å²) in [4.78, 5) is 37.8. The number of methoxy groups -OCH3 is 1. The van der Waals surface area contributed by atoms with Crippen LogP contribution in [0.1, 0.15) is 46.4 Å². The molecular weight excluding hydrogens is 448 g/mol. The largest absolute Gasteiger partial charge is 0.493 e. The van der Waals surface area contributed by atoms with Crippen molar-refractivity contribution in [2.45, 2.75) is 31.8 Å². The van der Waals surface area contributed by atoms with Crippen LogP contribution in [0.5, 0.6) is 11.5 Å². The summed E-state index contributed by atoms with van der Waals surface area (Å²) in [6.07, 6.45) is 3.99. The van der Waals surface area contributed by atoms with Crippen LogP contribution in [0, 0.1) is 0 Å². The summed E-state index contributed by atoms with van der Waals surface area (Å²) in [6.45, 7) is 0. The monoisotopic (exact) mass is 466 g/mol. The molecule has 0 saturated heterocycles. The van der Waals surface area contributed by atoms with Gasteiger partial charge in [0.15, 0.2) is 11.5 Å². The van der Waals surface area contributed by atoms with Crippen molar-refractivity contribution in [3.05, 3.63) is 38.1 Å². The molecule has 0 spiro atoms. The van der Waals surface area contributed by atoms with Crippen LogP contribution in [0.4, 0.5) is 5.82 Å². The summed E-state index contributed by atoms with van der Waals surface area (Å²) < 4.78 is 11.9. The van der Waals surface area contributed by atoms with Crippen LogP contribution in [0.15, 0.2) is 21.4 Å². The molecule has 154 valence electrons. The van der Waals surface area contributed by atoms with Crippen LogP contribution in [0.3, 0.4) is 0 Å². The highest BCUT2D eigenvalue weighted by atomic mass is 79.9. The van der Waals surface area contributed by atoms with Gasteiger partial charge in [0.25, 0.3) is 5.56 Å². The van der Waals surface area contributed by atoms with Gasteiger partial charge in [-0.05, 0) is 59.3 Å². The Morgan fingerprint density at radius 2 is 1.79 bits per heavy atom. The van der Waals surface area contributed by atoms with Crippen molar-refractivity contribution in [3.8, 4) is 22.6 Å². The van der Waals surface area contributed by atoms with Gasteiger partial charge in [-0.1, -0.05) is 0 Å². The Morgan fingerprint density at radius 3 is 2.34 bits per heavy atom. The fourth-order valence-electron chi connectivity index (χ4n) is 3.49. The molecule has 10 heteroatoms. The number of nitrogens with one attached hydrogen (secondary N) is 1. The zero-order valence-electron chi connectivity index (χ0n) is 15.5. The molecule has 1 fully saturated rings. The number of carbonyl (C=O) groups is 2. The van der Waals surface area contributed by atoms with Crippen LogP contribution < -0.4 is 20.8 Å². The van der Waals surface area contributed by atoms with E-state index in [1.807, 2.05) is 0 Å². The van der Waals surface area contributed by atoms with Crippen molar-refractivity contribution < 1.29 is 29.3 Å². The van der Waals surface area contributed by atoms with Gasteiger partial charge in [0.2, 0.25) is 0 Å². The molecule has 0 unspecified atom stereocenters. The second kappa shape index (κ2) is 8.16. The number of benzene rings is 1. The molecule has 0 amide bonds. The van der Waals surface area contributed by atoms with Crippen LogP contribution in [0.2, 0.25) is 0 Å². The SMILES string of the molecule is COc1cc(-c2c(C(=O)O)c(N)[nH]c(=O)c2C(=O)O)cc(Br)c1OC1CCCC1. The molecule has 29 heavy (non-hydrogen) atoms. The Labute approximate surface area is 173 Å². The molecule has 2 aromatic rings. The van der Waals surface area contributed by atoms with Crippen molar-refractivity contribution in [1.82, 2.24) is 4.98 Å². The first-order valence-electron chi connectivity index (χ1n) is 8.81. The standard InChI is InChI=1S/C19H19BrN2O7/c1-28-11-7-8(6-10(20)15(11)29-9-4-2-3-5-9)12-13(18(24)25)16(21)22-17(23)14(12)19(26)27/h6-7,9H,2-5H2,1H3,(H,24,25)(H,26,27)(H3,21,22,23). The van der Waals surface area contributed by atoms with E-state index < -0.39 is 34.4 Å². The van der Waals surface area contributed by atoms with Crippen molar-refractivity contribution >= 4 is 33.7 Å². The number of aromatic nitrogens is 1. The molecule has 0 bridgehead atoms. The Kier molecular flexibility index (Phi) is 5.83. The van der Waals surface area contributed by atoms with E-state index in [1.54, 1.807) is 0 Å². The number of rotatable bonds is 6. The summed E-state index contributed by atoms with van der Waals surface area (Å²) in [6, 6.07) is 2.92. The third-order valence-electron chi connectivity index (χ3n) is 4.78. The summed E-state index contributed by atoms with van der Waals surface area (Å²) in [7, 11) is 1.41. The maximum Gasteiger partial charge on any atom is 0.342 e. The topological polar surface area (TPSA) is 152 Å². The van der Waals surface area contributed by atoms with E-state index in [9.17, 15) is 24.6 Å². The van der Waals surface area contributed by atoms with Gasteiger partial charge in [-0.2, -0.15) is 0 Å². The number of carboxylic acids is 2. The molecule has 1 aliphatic rings. The molecule has 0 atom stereocenters. The molecule has 9 nitrogen and oxygen atoms in total. The number of anilines is 1. The van der Waals surface area contributed by atoms with Crippen molar-refractivity contribution in [1.29, 1.82) is 0 Å². The van der Waals surface area contributed by atoms with Crippen LogP contribution in [0.25, 0.3) is 11.1 Å². The average Bonchev–Trinajstić information content (AvgIpc) is 3.14. The Hall–Kier alpha value is -3.01. The predicted molar refractivity (Wildman–Crippen MR) is 108 cm³/mol. The first kappa shape index (κ1) is 20.7. The first-order valence-corrected chi connectivity index (χ1v) is 9.60. The first-order chi connectivity index (χ1) is 13.7. The molecule has 0 radical (unpaired) electrons. The zero-order chi connectivity index (χ0) is 21.3. The molecule has 5 N–H and O–H groups in total. The van der Waals surface area contributed by atoms with E-state index in [4.69, 9.17) is 15.2 Å². The van der Waals surface area contributed by atoms with Gasteiger partial charge in [-0.15, -0.1) is 0 Å². The van der Waals surface area contributed by atoms with E-state index in [-0.39, 0.29) is 23.0 Å². The van der Waals surface area contributed by atoms with Crippen molar-refractivity contribution in [2.24, 2.45) is 0 Å². The number of aromatic amines is 1.